The molecule has 3 nitrogen and oxygen atoms in total. The molecule has 20 heavy (non-hydrogen) atoms. The van der Waals surface area contributed by atoms with Gasteiger partial charge in [-0.05, 0) is 37.4 Å². The van der Waals surface area contributed by atoms with E-state index in [-0.39, 0.29) is 0 Å². The summed E-state index contributed by atoms with van der Waals surface area (Å²) in [6.07, 6.45) is 11.2. The van der Waals surface area contributed by atoms with Crippen molar-refractivity contribution >= 4 is 11.3 Å². The highest BCUT2D eigenvalue weighted by Gasteiger charge is 2.13. The third-order valence-corrected chi connectivity index (χ3v) is 5.20. The second-order valence-corrected chi connectivity index (χ2v) is 6.87. The Balaban J connectivity index is 1.51. The summed E-state index contributed by atoms with van der Waals surface area (Å²) in [6.45, 7) is 2.06. The van der Waals surface area contributed by atoms with Crippen LogP contribution in [0.1, 0.15) is 37.1 Å². The van der Waals surface area contributed by atoms with E-state index in [0.717, 1.165) is 19.0 Å². The van der Waals surface area contributed by atoms with Gasteiger partial charge in [-0.25, -0.2) is 4.98 Å². The molecule has 108 valence electrons. The Hall–Kier alpha value is -1.13. The van der Waals surface area contributed by atoms with Gasteiger partial charge >= 0.3 is 0 Å². The van der Waals surface area contributed by atoms with E-state index < -0.39 is 0 Å². The Morgan fingerprint density at radius 3 is 2.95 bits per heavy atom. The first kappa shape index (κ1) is 13.8. The molecule has 1 N–H and O–H groups in total. The van der Waals surface area contributed by atoms with Gasteiger partial charge in [0.25, 0.3) is 0 Å². The molecule has 2 aromatic heterocycles. The number of hydrogen-bond acceptors (Lipinski definition) is 3. The maximum absolute atomic E-state index is 4.54. The van der Waals surface area contributed by atoms with Crippen molar-refractivity contribution in [1.29, 1.82) is 0 Å². The molecule has 0 unspecified atom stereocenters. The van der Waals surface area contributed by atoms with Crippen molar-refractivity contribution < 1.29 is 0 Å². The second kappa shape index (κ2) is 6.55. The van der Waals surface area contributed by atoms with Gasteiger partial charge in [0.05, 0.1) is 10.6 Å². The minimum absolute atomic E-state index is 0.885. The van der Waals surface area contributed by atoms with Gasteiger partial charge in [0.1, 0.15) is 5.01 Å². The zero-order chi connectivity index (χ0) is 13.8. The SMILES string of the molecule is Cn1cccc1-c1cnc(CNCC2CCCCC2)s1. The lowest BCUT2D eigenvalue weighted by atomic mass is 9.89. The molecule has 0 aromatic carbocycles. The van der Waals surface area contributed by atoms with Gasteiger partial charge in [0.15, 0.2) is 0 Å². The van der Waals surface area contributed by atoms with Crippen LogP contribution in [0.4, 0.5) is 0 Å². The van der Waals surface area contributed by atoms with Crippen LogP contribution in [0.2, 0.25) is 0 Å². The van der Waals surface area contributed by atoms with E-state index in [4.69, 9.17) is 0 Å². The van der Waals surface area contributed by atoms with E-state index in [1.54, 1.807) is 11.3 Å². The minimum Gasteiger partial charge on any atom is -0.350 e. The molecule has 2 heterocycles. The molecule has 0 amide bonds. The average Bonchev–Trinajstić information content (AvgIpc) is 3.09. The normalized spacial score (nSPS) is 16.6. The number of rotatable bonds is 5. The van der Waals surface area contributed by atoms with Gasteiger partial charge in [-0.1, -0.05) is 19.3 Å². The fraction of sp³-hybridized carbons (Fsp3) is 0.562. The minimum atomic E-state index is 0.885. The third kappa shape index (κ3) is 3.30. The van der Waals surface area contributed by atoms with Crippen molar-refractivity contribution in [3.63, 3.8) is 0 Å². The second-order valence-electron chi connectivity index (χ2n) is 5.76. The van der Waals surface area contributed by atoms with Gasteiger partial charge in [0, 0.05) is 26.0 Å². The first-order valence-corrected chi connectivity index (χ1v) is 8.41. The van der Waals surface area contributed by atoms with Crippen molar-refractivity contribution in [3.05, 3.63) is 29.5 Å². The lowest BCUT2D eigenvalue weighted by Crippen LogP contribution is -2.24. The topological polar surface area (TPSA) is 29.9 Å². The fourth-order valence-electron chi connectivity index (χ4n) is 3.00. The van der Waals surface area contributed by atoms with Gasteiger partial charge in [0.2, 0.25) is 0 Å². The first-order chi connectivity index (χ1) is 9.83. The Labute approximate surface area is 125 Å². The zero-order valence-electron chi connectivity index (χ0n) is 12.1. The van der Waals surface area contributed by atoms with Crippen LogP contribution in [-0.4, -0.2) is 16.1 Å². The van der Waals surface area contributed by atoms with Crippen LogP contribution >= 0.6 is 11.3 Å². The number of nitrogens with zero attached hydrogens (tertiary/aromatic N) is 2. The molecule has 1 aliphatic carbocycles. The molecule has 4 heteroatoms. The van der Waals surface area contributed by atoms with Crippen LogP contribution in [0, 0.1) is 5.92 Å². The van der Waals surface area contributed by atoms with Crippen LogP contribution in [0.25, 0.3) is 10.6 Å². The van der Waals surface area contributed by atoms with Crippen molar-refractivity contribution in [2.75, 3.05) is 6.54 Å². The molecular weight excluding hydrogens is 266 g/mol. The predicted molar refractivity (Wildman–Crippen MR) is 84.8 cm³/mol. The summed E-state index contributed by atoms with van der Waals surface area (Å²) in [6, 6.07) is 4.23. The zero-order valence-corrected chi connectivity index (χ0v) is 13.0. The molecule has 0 bridgehead atoms. The summed E-state index contributed by atoms with van der Waals surface area (Å²) in [5, 5.41) is 4.78. The highest BCUT2D eigenvalue weighted by molar-refractivity contribution is 7.15. The molecular formula is C16H23N3S. The summed E-state index contributed by atoms with van der Waals surface area (Å²) in [5.74, 6) is 0.885. The van der Waals surface area contributed by atoms with E-state index in [2.05, 4.69) is 40.2 Å². The van der Waals surface area contributed by atoms with E-state index >= 15 is 0 Å². The predicted octanol–water partition coefficient (Wildman–Crippen LogP) is 3.82. The van der Waals surface area contributed by atoms with Crippen molar-refractivity contribution in [2.45, 2.75) is 38.6 Å². The summed E-state index contributed by atoms with van der Waals surface area (Å²) in [7, 11) is 2.08. The van der Waals surface area contributed by atoms with Crippen molar-refractivity contribution in [2.24, 2.45) is 13.0 Å². The molecule has 0 radical (unpaired) electrons. The quantitative estimate of drug-likeness (QED) is 0.907. The molecule has 0 aliphatic heterocycles. The standard InChI is InChI=1S/C16H23N3S/c1-19-9-5-8-14(19)15-11-18-16(20-15)12-17-10-13-6-3-2-4-7-13/h5,8-9,11,13,17H,2-4,6-7,10,12H2,1H3. The molecule has 3 rings (SSSR count). The van der Waals surface area contributed by atoms with Gasteiger partial charge in [-0.3, -0.25) is 0 Å². The molecule has 2 aromatic rings. The molecule has 0 saturated heterocycles. The monoisotopic (exact) mass is 289 g/mol. The van der Waals surface area contributed by atoms with E-state index in [9.17, 15) is 0 Å². The van der Waals surface area contributed by atoms with Crippen molar-refractivity contribution in [3.8, 4) is 10.6 Å². The average molecular weight is 289 g/mol. The largest absolute Gasteiger partial charge is 0.350 e. The van der Waals surface area contributed by atoms with Gasteiger partial charge in [-0.2, -0.15) is 0 Å². The molecule has 1 aliphatic rings. The highest BCUT2D eigenvalue weighted by Crippen LogP contribution is 2.26. The number of aryl methyl sites for hydroxylation is 1. The molecule has 0 atom stereocenters. The Morgan fingerprint density at radius 1 is 1.35 bits per heavy atom. The summed E-state index contributed by atoms with van der Waals surface area (Å²) >= 11 is 1.80. The lowest BCUT2D eigenvalue weighted by molar-refractivity contribution is 0.342. The number of thiazole rings is 1. The van der Waals surface area contributed by atoms with Crippen LogP contribution in [0.3, 0.4) is 0 Å². The van der Waals surface area contributed by atoms with Gasteiger partial charge in [-0.15, -0.1) is 11.3 Å². The summed E-state index contributed by atoms with van der Waals surface area (Å²) in [5.41, 5.74) is 1.25. The first-order valence-electron chi connectivity index (χ1n) is 7.60. The van der Waals surface area contributed by atoms with Crippen LogP contribution in [0.15, 0.2) is 24.5 Å². The molecule has 0 spiro atoms. The highest BCUT2D eigenvalue weighted by atomic mass is 32.1. The fourth-order valence-corrected chi connectivity index (χ4v) is 3.96. The molecule has 1 saturated carbocycles. The van der Waals surface area contributed by atoms with Crippen molar-refractivity contribution in [1.82, 2.24) is 14.9 Å². The lowest BCUT2D eigenvalue weighted by Gasteiger charge is -2.21. The van der Waals surface area contributed by atoms with Crippen LogP contribution in [-0.2, 0) is 13.6 Å². The third-order valence-electron chi connectivity index (χ3n) is 4.18. The van der Waals surface area contributed by atoms with Crippen LogP contribution < -0.4 is 5.32 Å². The van der Waals surface area contributed by atoms with E-state index in [0.29, 0.717) is 0 Å². The Kier molecular flexibility index (Phi) is 4.53. The Bertz CT molecular complexity index is 537. The Morgan fingerprint density at radius 2 is 2.20 bits per heavy atom. The van der Waals surface area contributed by atoms with Crippen LogP contribution in [0.5, 0.6) is 0 Å². The molecule has 1 fully saturated rings. The summed E-state index contributed by atoms with van der Waals surface area (Å²) in [4.78, 5) is 5.80. The van der Waals surface area contributed by atoms with E-state index in [1.807, 2.05) is 6.20 Å². The van der Waals surface area contributed by atoms with Gasteiger partial charge < -0.3 is 9.88 Å². The smallest absolute Gasteiger partial charge is 0.107 e. The summed E-state index contributed by atoms with van der Waals surface area (Å²) < 4.78 is 2.15. The number of aromatic nitrogens is 2. The number of hydrogen-bond donors (Lipinski definition) is 1. The number of nitrogens with one attached hydrogen (secondary N) is 1. The maximum atomic E-state index is 4.54. The maximum Gasteiger partial charge on any atom is 0.107 e. The van der Waals surface area contributed by atoms with E-state index in [1.165, 1.54) is 47.7 Å².